The minimum absolute atomic E-state index is 0.000698. The molecule has 0 N–H and O–H groups in total. The number of benzene rings is 1. The van der Waals surface area contributed by atoms with Crippen LogP contribution in [0.4, 0.5) is 5.69 Å². The zero-order chi connectivity index (χ0) is 18.0. The van der Waals surface area contributed by atoms with E-state index in [9.17, 15) is 14.9 Å². The Bertz CT molecular complexity index is 739. The van der Waals surface area contributed by atoms with Gasteiger partial charge >= 0.3 is 0 Å². The molecule has 1 aromatic rings. The molecule has 1 amide bonds. The molecular weight excluding hydrogens is 326 g/mol. The maximum absolute atomic E-state index is 12.7. The number of carbonyl (C=O) groups excluding carboxylic acids is 1. The van der Waals surface area contributed by atoms with Gasteiger partial charge in [-0.25, -0.2) is 0 Å². The highest BCUT2D eigenvalue weighted by molar-refractivity contribution is 8.18. The van der Waals surface area contributed by atoms with E-state index in [1.54, 1.807) is 30.0 Å². The van der Waals surface area contributed by atoms with Crippen molar-refractivity contribution in [1.82, 2.24) is 4.90 Å². The number of nitro benzene ring substituents is 1. The number of nitrogens with zero attached hydrogens (tertiary/aromatic N) is 3. The monoisotopic (exact) mass is 347 g/mol. The Balaban J connectivity index is 2.42. The van der Waals surface area contributed by atoms with E-state index >= 15 is 0 Å². The van der Waals surface area contributed by atoms with Gasteiger partial charge in [-0.05, 0) is 58.0 Å². The third-order valence-electron chi connectivity index (χ3n) is 3.45. The Morgan fingerprint density at radius 3 is 2.50 bits per heavy atom. The van der Waals surface area contributed by atoms with E-state index in [0.717, 1.165) is 0 Å². The van der Waals surface area contributed by atoms with Gasteiger partial charge < -0.3 is 0 Å². The molecule has 0 spiro atoms. The molecule has 2 rings (SSSR count). The highest BCUT2D eigenvalue weighted by atomic mass is 32.2. The number of thioether (sulfide) groups is 1. The van der Waals surface area contributed by atoms with Crippen molar-refractivity contribution in [3.8, 4) is 0 Å². The second kappa shape index (κ2) is 7.17. The molecule has 24 heavy (non-hydrogen) atoms. The van der Waals surface area contributed by atoms with Crippen LogP contribution in [0.3, 0.4) is 0 Å². The molecule has 1 aromatic carbocycles. The predicted molar refractivity (Wildman–Crippen MR) is 98.0 cm³/mol. The number of rotatable bonds is 4. The van der Waals surface area contributed by atoms with Crippen molar-refractivity contribution in [2.24, 2.45) is 4.99 Å². The van der Waals surface area contributed by atoms with Gasteiger partial charge in [0.1, 0.15) is 0 Å². The van der Waals surface area contributed by atoms with Crippen LogP contribution in [0, 0.1) is 17.0 Å². The van der Waals surface area contributed by atoms with E-state index in [1.807, 2.05) is 27.7 Å². The highest BCUT2D eigenvalue weighted by Crippen LogP contribution is 2.34. The van der Waals surface area contributed by atoms with Crippen LogP contribution in [0.1, 0.15) is 38.8 Å². The largest absolute Gasteiger partial charge is 0.284 e. The van der Waals surface area contributed by atoms with Crippen LogP contribution >= 0.6 is 11.8 Å². The van der Waals surface area contributed by atoms with Gasteiger partial charge in [-0.2, -0.15) is 0 Å². The van der Waals surface area contributed by atoms with Gasteiger partial charge in [-0.15, -0.1) is 0 Å². The van der Waals surface area contributed by atoms with Crippen LogP contribution < -0.4 is 0 Å². The number of aliphatic imine (C=N–C) groups is 1. The average molecular weight is 347 g/mol. The number of carbonyl (C=O) groups is 1. The summed E-state index contributed by atoms with van der Waals surface area (Å²) >= 11 is 1.31. The van der Waals surface area contributed by atoms with E-state index in [-0.39, 0.29) is 23.7 Å². The molecule has 7 heteroatoms. The summed E-state index contributed by atoms with van der Waals surface area (Å²) in [5.74, 6) is -0.113. The maximum Gasteiger partial charge on any atom is 0.272 e. The quantitative estimate of drug-likeness (QED) is 0.469. The van der Waals surface area contributed by atoms with Crippen LogP contribution in [0.5, 0.6) is 0 Å². The normalized spacial score (nSPS) is 18.5. The Morgan fingerprint density at radius 1 is 1.29 bits per heavy atom. The van der Waals surface area contributed by atoms with Crippen molar-refractivity contribution >= 4 is 34.6 Å². The number of nitro groups is 1. The topological polar surface area (TPSA) is 75.8 Å². The first kappa shape index (κ1) is 18.2. The van der Waals surface area contributed by atoms with Crippen LogP contribution in [0.2, 0.25) is 0 Å². The zero-order valence-corrected chi connectivity index (χ0v) is 15.3. The Hall–Kier alpha value is -2.15. The molecular formula is C17H21N3O3S. The molecule has 0 saturated carbocycles. The third-order valence-corrected chi connectivity index (χ3v) is 4.45. The number of amidine groups is 1. The van der Waals surface area contributed by atoms with E-state index in [0.29, 0.717) is 21.2 Å². The van der Waals surface area contributed by atoms with Crippen molar-refractivity contribution < 1.29 is 9.72 Å². The van der Waals surface area contributed by atoms with Crippen molar-refractivity contribution in [1.29, 1.82) is 0 Å². The van der Waals surface area contributed by atoms with Crippen molar-refractivity contribution in [3.05, 3.63) is 44.3 Å². The van der Waals surface area contributed by atoms with Gasteiger partial charge in [0.2, 0.25) is 0 Å². The molecule has 1 aliphatic rings. The molecule has 0 bridgehead atoms. The van der Waals surface area contributed by atoms with Crippen molar-refractivity contribution in [3.63, 3.8) is 0 Å². The fourth-order valence-corrected chi connectivity index (χ4v) is 3.55. The molecule has 6 nitrogen and oxygen atoms in total. The van der Waals surface area contributed by atoms with Crippen LogP contribution in [0.25, 0.3) is 6.08 Å². The predicted octanol–water partition coefficient (Wildman–Crippen LogP) is 3.99. The highest BCUT2D eigenvalue weighted by Gasteiger charge is 2.35. The Kier molecular flexibility index (Phi) is 5.43. The lowest BCUT2D eigenvalue weighted by Gasteiger charge is -2.20. The van der Waals surface area contributed by atoms with Gasteiger partial charge in [0.05, 0.1) is 9.83 Å². The number of amides is 1. The van der Waals surface area contributed by atoms with Crippen molar-refractivity contribution in [2.45, 2.75) is 46.7 Å². The smallest absolute Gasteiger partial charge is 0.272 e. The van der Waals surface area contributed by atoms with Gasteiger partial charge in [0.15, 0.2) is 5.17 Å². The number of aryl methyl sites for hydroxylation is 1. The van der Waals surface area contributed by atoms with Gasteiger partial charge in [0.25, 0.3) is 11.6 Å². The average Bonchev–Trinajstić information content (AvgIpc) is 2.75. The van der Waals surface area contributed by atoms with Gasteiger partial charge in [0, 0.05) is 23.7 Å². The lowest BCUT2D eigenvalue weighted by Crippen LogP contribution is -2.35. The minimum Gasteiger partial charge on any atom is -0.284 e. The summed E-state index contributed by atoms with van der Waals surface area (Å²) in [6.07, 6.45) is 1.69. The summed E-state index contributed by atoms with van der Waals surface area (Å²) in [6.45, 7) is 9.49. The van der Waals surface area contributed by atoms with E-state index in [4.69, 9.17) is 0 Å². The van der Waals surface area contributed by atoms with E-state index in [2.05, 4.69) is 4.99 Å². The zero-order valence-electron chi connectivity index (χ0n) is 14.4. The molecule has 1 fully saturated rings. The van der Waals surface area contributed by atoms with Crippen molar-refractivity contribution in [2.75, 3.05) is 0 Å². The molecule has 1 aliphatic heterocycles. The first-order valence-electron chi connectivity index (χ1n) is 7.76. The lowest BCUT2D eigenvalue weighted by atomic mass is 10.1. The molecule has 0 aromatic heterocycles. The van der Waals surface area contributed by atoms with Crippen LogP contribution in [-0.2, 0) is 4.79 Å². The molecule has 0 atom stereocenters. The van der Waals surface area contributed by atoms with Crippen LogP contribution in [-0.4, -0.2) is 33.0 Å². The Labute approximate surface area is 145 Å². The number of hydrogen-bond acceptors (Lipinski definition) is 5. The second-order valence-electron chi connectivity index (χ2n) is 6.19. The van der Waals surface area contributed by atoms with Gasteiger partial charge in [-0.1, -0.05) is 12.1 Å². The standard InChI is InChI=1S/C17H21N3O3S/c1-10(2)18-17-19(11(3)4)16(21)15(24-17)9-13-7-6-12(5)14(8-13)20(22)23/h6-11H,1-5H3/b15-9+,18-17?. The summed E-state index contributed by atoms with van der Waals surface area (Å²) in [5.41, 5.74) is 1.28. The molecule has 128 valence electrons. The van der Waals surface area contributed by atoms with Crippen LogP contribution in [0.15, 0.2) is 28.1 Å². The first-order chi connectivity index (χ1) is 11.2. The summed E-state index contributed by atoms with van der Waals surface area (Å²) in [7, 11) is 0. The maximum atomic E-state index is 12.7. The first-order valence-corrected chi connectivity index (χ1v) is 8.58. The summed E-state index contributed by atoms with van der Waals surface area (Å²) in [6, 6.07) is 5.05. The molecule has 0 aliphatic carbocycles. The number of hydrogen-bond donors (Lipinski definition) is 0. The van der Waals surface area contributed by atoms with Gasteiger partial charge in [-0.3, -0.25) is 24.8 Å². The molecule has 0 unspecified atom stereocenters. The third kappa shape index (κ3) is 3.84. The van der Waals surface area contributed by atoms with E-state index in [1.165, 1.54) is 17.8 Å². The SMILES string of the molecule is Cc1ccc(/C=C2/SC(=NC(C)C)N(C(C)C)C2=O)cc1[N+](=O)[O-]. The summed E-state index contributed by atoms with van der Waals surface area (Å²) in [4.78, 5) is 30.0. The summed E-state index contributed by atoms with van der Waals surface area (Å²) < 4.78 is 0. The molecule has 1 saturated heterocycles. The fourth-order valence-electron chi connectivity index (χ4n) is 2.32. The minimum atomic E-state index is -0.410. The fraction of sp³-hybridized carbons (Fsp3) is 0.412. The lowest BCUT2D eigenvalue weighted by molar-refractivity contribution is -0.385. The second-order valence-corrected chi connectivity index (χ2v) is 7.20. The Morgan fingerprint density at radius 2 is 1.96 bits per heavy atom. The molecule has 1 heterocycles. The van der Waals surface area contributed by atoms with E-state index < -0.39 is 4.92 Å². The summed E-state index contributed by atoms with van der Waals surface area (Å²) in [5, 5.41) is 11.8. The molecule has 0 radical (unpaired) electrons.